The third-order valence-electron chi connectivity index (χ3n) is 7.02. The van der Waals surface area contributed by atoms with E-state index in [2.05, 4.69) is 45.9 Å². The molecule has 5 rings (SSSR count). The number of nitrogens with zero attached hydrogens (tertiary/aromatic N) is 3. The standard InChI is InChI=1S/C25H32N4O2/c1-17-11-19(6-5-18-3-4-18)12-20-7-8-21(24(17)20)29(2)22(28-26)13-27-14-23-30-15-25(9-10-25)16-31-23/h11-13,18,21,23H,3-4,7-10,14-16,26H2,1-2H3/b27-13?,28-22+. The molecule has 1 aliphatic heterocycles. The van der Waals surface area contributed by atoms with Crippen LogP contribution in [0.15, 0.2) is 22.2 Å². The Labute approximate surface area is 184 Å². The largest absolute Gasteiger partial charge is 0.350 e. The number of benzene rings is 1. The Kier molecular flexibility index (Phi) is 5.49. The van der Waals surface area contributed by atoms with Crippen LogP contribution in [0.1, 0.15) is 60.4 Å². The van der Waals surface area contributed by atoms with Crippen LogP contribution in [-0.4, -0.2) is 50.0 Å². The van der Waals surface area contributed by atoms with Crippen molar-refractivity contribution in [1.82, 2.24) is 4.90 Å². The second kappa shape index (κ2) is 8.29. The third-order valence-corrected chi connectivity index (χ3v) is 7.02. The van der Waals surface area contributed by atoms with Crippen molar-refractivity contribution < 1.29 is 9.47 Å². The van der Waals surface area contributed by atoms with E-state index in [4.69, 9.17) is 15.3 Å². The molecular formula is C25H32N4O2. The first-order valence-corrected chi connectivity index (χ1v) is 11.5. The van der Waals surface area contributed by atoms with Gasteiger partial charge in [0, 0.05) is 23.9 Å². The van der Waals surface area contributed by atoms with Gasteiger partial charge >= 0.3 is 0 Å². The molecule has 1 heterocycles. The molecule has 1 aromatic carbocycles. The molecule has 1 aromatic rings. The van der Waals surface area contributed by atoms with E-state index in [1.54, 1.807) is 6.21 Å². The zero-order valence-corrected chi connectivity index (χ0v) is 18.6. The molecule has 0 amide bonds. The lowest BCUT2D eigenvalue weighted by molar-refractivity contribution is -0.201. The van der Waals surface area contributed by atoms with Crippen LogP contribution < -0.4 is 5.84 Å². The molecule has 3 aliphatic carbocycles. The van der Waals surface area contributed by atoms with E-state index >= 15 is 0 Å². The smallest absolute Gasteiger partial charge is 0.176 e. The summed E-state index contributed by atoms with van der Waals surface area (Å²) in [5.74, 6) is 13.8. The van der Waals surface area contributed by atoms with Gasteiger partial charge in [-0.25, -0.2) is 0 Å². The molecule has 0 aromatic heterocycles. The van der Waals surface area contributed by atoms with Crippen LogP contribution in [0.5, 0.6) is 0 Å². The Morgan fingerprint density at radius 3 is 2.71 bits per heavy atom. The first kappa shape index (κ1) is 20.5. The molecular weight excluding hydrogens is 388 g/mol. The van der Waals surface area contributed by atoms with Gasteiger partial charge in [0.1, 0.15) is 0 Å². The van der Waals surface area contributed by atoms with Gasteiger partial charge < -0.3 is 20.2 Å². The minimum atomic E-state index is -0.267. The van der Waals surface area contributed by atoms with Crippen molar-refractivity contribution in [1.29, 1.82) is 0 Å². The monoisotopic (exact) mass is 420 g/mol. The molecule has 0 radical (unpaired) electrons. The summed E-state index contributed by atoms with van der Waals surface area (Å²) in [4.78, 5) is 6.66. The topological polar surface area (TPSA) is 72.4 Å². The molecule has 4 aliphatic rings. The van der Waals surface area contributed by atoms with E-state index in [0.717, 1.165) is 31.6 Å². The molecule has 31 heavy (non-hydrogen) atoms. The number of nitrogens with two attached hydrogens (primary N) is 1. The van der Waals surface area contributed by atoms with Crippen molar-refractivity contribution in [3.8, 4) is 11.8 Å². The summed E-state index contributed by atoms with van der Waals surface area (Å²) >= 11 is 0. The van der Waals surface area contributed by atoms with Gasteiger partial charge in [0.15, 0.2) is 12.1 Å². The Balaban J connectivity index is 1.23. The highest BCUT2D eigenvalue weighted by molar-refractivity contribution is 6.29. The summed E-state index contributed by atoms with van der Waals surface area (Å²) < 4.78 is 11.6. The van der Waals surface area contributed by atoms with Crippen molar-refractivity contribution in [2.24, 2.45) is 27.3 Å². The number of hydrazone groups is 1. The summed E-state index contributed by atoms with van der Waals surface area (Å²) in [6.07, 6.45) is 8.51. The first-order valence-electron chi connectivity index (χ1n) is 11.5. The van der Waals surface area contributed by atoms with Crippen LogP contribution in [0.3, 0.4) is 0 Å². The van der Waals surface area contributed by atoms with Crippen molar-refractivity contribution in [2.45, 2.75) is 57.8 Å². The normalized spacial score (nSPS) is 24.8. The van der Waals surface area contributed by atoms with E-state index in [9.17, 15) is 0 Å². The lowest BCUT2D eigenvalue weighted by atomic mass is 9.98. The number of hydrogen-bond donors (Lipinski definition) is 1. The summed E-state index contributed by atoms with van der Waals surface area (Å²) in [6, 6.07) is 4.73. The van der Waals surface area contributed by atoms with Gasteiger partial charge in [-0.1, -0.05) is 11.8 Å². The van der Waals surface area contributed by atoms with Crippen molar-refractivity contribution >= 4 is 12.1 Å². The maximum Gasteiger partial charge on any atom is 0.176 e. The summed E-state index contributed by atoms with van der Waals surface area (Å²) in [6.45, 7) is 4.23. The van der Waals surface area contributed by atoms with Gasteiger partial charge in [-0.2, -0.15) is 5.10 Å². The van der Waals surface area contributed by atoms with Gasteiger partial charge in [0.25, 0.3) is 0 Å². The SMILES string of the molecule is Cc1cc(C#CC2CC2)cc2c1C(N(C)/C(C=NCC1OCC3(CC3)CO1)=N/N)CC2. The van der Waals surface area contributed by atoms with Gasteiger partial charge in [-0.15, -0.1) is 0 Å². The molecule has 6 heteroatoms. The molecule has 2 N–H and O–H groups in total. The highest BCUT2D eigenvalue weighted by Crippen LogP contribution is 2.48. The lowest BCUT2D eigenvalue weighted by Gasteiger charge is -2.29. The first-order chi connectivity index (χ1) is 15.1. The van der Waals surface area contributed by atoms with Crippen molar-refractivity contribution in [3.63, 3.8) is 0 Å². The van der Waals surface area contributed by atoms with Crippen LogP contribution >= 0.6 is 0 Å². The lowest BCUT2D eigenvalue weighted by Crippen LogP contribution is -2.35. The Morgan fingerprint density at radius 1 is 1.26 bits per heavy atom. The molecule has 2 saturated carbocycles. The zero-order valence-electron chi connectivity index (χ0n) is 18.6. The highest BCUT2D eigenvalue weighted by atomic mass is 16.7. The number of fused-ring (bicyclic) bond motifs is 1. The van der Waals surface area contributed by atoms with Gasteiger partial charge in [-0.3, -0.25) is 4.99 Å². The fourth-order valence-electron chi connectivity index (χ4n) is 4.66. The Bertz CT molecular complexity index is 956. The number of amidine groups is 1. The minimum Gasteiger partial charge on any atom is -0.350 e. The zero-order chi connectivity index (χ0) is 21.4. The van der Waals surface area contributed by atoms with E-state index in [1.807, 2.05) is 7.05 Å². The van der Waals surface area contributed by atoms with Gasteiger partial charge in [0.2, 0.25) is 0 Å². The Hall–Kier alpha value is -2.36. The number of aliphatic imine (C=N–C) groups is 1. The van der Waals surface area contributed by atoms with Crippen LogP contribution in [0, 0.1) is 30.1 Å². The van der Waals surface area contributed by atoms with Crippen molar-refractivity contribution in [3.05, 3.63) is 34.4 Å². The predicted molar refractivity (Wildman–Crippen MR) is 122 cm³/mol. The molecule has 164 valence electrons. The number of aryl methyl sites for hydroxylation is 2. The van der Waals surface area contributed by atoms with E-state index in [1.165, 1.54) is 42.4 Å². The average molecular weight is 421 g/mol. The summed E-state index contributed by atoms with van der Waals surface area (Å²) in [5, 5.41) is 4.01. The fraction of sp³-hybridized carbons (Fsp3) is 0.600. The number of rotatable bonds is 4. The van der Waals surface area contributed by atoms with Crippen LogP contribution in [0.2, 0.25) is 0 Å². The number of hydrogen-bond acceptors (Lipinski definition) is 5. The molecule has 3 fully saturated rings. The summed E-state index contributed by atoms with van der Waals surface area (Å²) in [7, 11) is 2.04. The number of ether oxygens (including phenoxy) is 2. The van der Waals surface area contributed by atoms with Crippen LogP contribution in [-0.2, 0) is 15.9 Å². The Morgan fingerprint density at radius 2 is 2.03 bits per heavy atom. The van der Waals surface area contributed by atoms with Crippen molar-refractivity contribution in [2.75, 3.05) is 26.8 Å². The van der Waals surface area contributed by atoms with E-state index in [-0.39, 0.29) is 12.3 Å². The predicted octanol–water partition coefficient (Wildman–Crippen LogP) is 3.17. The highest BCUT2D eigenvalue weighted by Gasteiger charge is 2.46. The summed E-state index contributed by atoms with van der Waals surface area (Å²) in [5.41, 5.74) is 5.51. The maximum absolute atomic E-state index is 5.81. The second-order valence-corrected chi connectivity index (χ2v) is 9.61. The van der Waals surface area contributed by atoms with Crippen LogP contribution in [0.25, 0.3) is 0 Å². The van der Waals surface area contributed by atoms with Gasteiger partial charge in [-0.05, 0) is 74.3 Å². The average Bonchev–Trinajstić information content (AvgIpc) is 3.70. The second-order valence-electron chi connectivity index (χ2n) is 9.61. The molecule has 1 atom stereocenters. The third kappa shape index (κ3) is 4.49. The molecule has 1 spiro atoms. The van der Waals surface area contributed by atoms with E-state index < -0.39 is 0 Å². The molecule has 0 bridgehead atoms. The molecule has 1 saturated heterocycles. The van der Waals surface area contributed by atoms with Gasteiger partial charge in [0.05, 0.1) is 32.0 Å². The van der Waals surface area contributed by atoms with Crippen LogP contribution in [0.4, 0.5) is 0 Å². The fourth-order valence-corrected chi connectivity index (χ4v) is 4.66. The molecule has 6 nitrogen and oxygen atoms in total. The minimum absolute atomic E-state index is 0.242. The molecule has 1 unspecified atom stereocenters. The van der Waals surface area contributed by atoms with E-state index in [0.29, 0.717) is 23.7 Å². The quantitative estimate of drug-likeness (QED) is 0.267. The maximum atomic E-state index is 5.81.